The number of benzene rings is 2. The molecule has 0 heterocycles. The lowest BCUT2D eigenvalue weighted by Gasteiger charge is -2.13. The van der Waals surface area contributed by atoms with Crippen molar-refractivity contribution >= 4 is 23.2 Å². The summed E-state index contributed by atoms with van der Waals surface area (Å²) in [5.74, 6) is 0.254. The highest BCUT2D eigenvalue weighted by molar-refractivity contribution is 5.94. The minimum Gasteiger partial charge on any atom is -0.483 e. The van der Waals surface area contributed by atoms with Gasteiger partial charge in [-0.1, -0.05) is 17.7 Å². The third-order valence-corrected chi connectivity index (χ3v) is 3.68. The Balaban J connectivity index is 1.89. The molecule has 0 aliphatic heterocycles. The van der Waals surface area contributed by atoms with Crippen LogP contribution in [0.1, 0.15) is 16.7 Å². The van der Waals surface area contributed by atoms with Crippen LogP contribution in [0.2, 0.25) is 0 Å². The molecule has 0 unspecified atom stereocenters. The van der Waals surface area contributed by atoms with E-state index < -0.39 is 0 Å². The SMILES string of the molecule is COCC(=O)Nc1ccc(NC(=O)COc2c(C)cc(C)cc2C)cc1. The Kier molecular flexibility index (Phi) is 6.74. The first-order chi connectivity index (χ1) is 12.4. The van der Waals surface area contributed by atoms with Crippen molar-refractivity contribution in [2.45, 2.75) is 20.8 Å². The second-order valence-corrected chi connectivity index (χ2v) is 6.12. The Labute approximate surface area is 153 Å². The first-order valence-electron chi connectivity index (χ1n) is 8.28. The van der Waals surface area contributed by atoms with Gasteiger partial charge in [-0.05, 0) is 56.2 Å². The number of carbonyl (C=O) groups is 2. The predicted octanol–water partition coefficient (Wildman–Crippen LogP) is 3.21. The van der Waals surface area contributed by atoms with Crippen molar-refractivity contribution in [2.75, 3.05) is 31.0 Å². The van der Waals surface area contributed by atoms with Crippen LogP contribution in [-0.2, 0) is 14.3 Å². The highest BCUT2D eigenvalue weighted by Crippen LogP contribution is 2.24. The topological polar surface area (TPSA) is 76.7 Å². The van der Waals surface area contributed by atoms with Gasteiger partial charge in [-0.3, -0.25) is 9.59 Å². The average molecular weight is 356 g/mol. The van der Waals surface area contributed by atoms with Crippen molar-refractivity contribution in [3.8, 4) is 5.75 Å². The lowest BCUT2D eigenvalue weighted by molar-refractivity contribution is -0.120. The van der Waals surface area contributed by atoms with Crippen LogP contribution in [0.4, 0.5) is 11.4 Å². The molecule has 0 aliphatic rings. The van der Waals surface area contributed by atoms with E-state index in [2.05, 4.69) is 10.6 Å². The predicted molar refractivity (Wildman–Crippen MR) is 102 cm³/mol. The molecule has 6 nitrogen and oxygen atoms in total. The van der Waals surface area contributed by atoms with E-state index in [4.69, 9.17) is 9.47 Å². The van der Waals surface area contributed by atoms with Crippen LogP contribution in [0.15, 0.2) is 36.4 Å². The van der Waals surface area contributed by atoms with Crippen molar-refractivity contribution in [2.24, 2.45) is 0 Å². The monoisotopic (exact) mass is 356 g/mol. The molecule has 2 N–H and O–H groups in total. The van der Waals surface area contributed by atoms with Gasteiger partial charge < -0.3 is 20.1 Å². The van der Waals surface area contributed by atoms with Gasteiger partial charge in [0, 0.05) is 18.5 Å². The van der Waals surface area contributed by atoms with E-state index in [1.165, 1.54) is 7.11 Å². The van der Waals surface area contributed by atoms with Gasteiger partial charge in [-0.15, -0.1) is 0 Å². The number of hydrogen-bond acceptors (Lipinski definition) is 4. The molecule has 138 valence electrons. The molecule has 0 bridgehead atoms. The van der Waals surface area contributed by atoms with Gasteiger partial charge in [0.05, 0.1) is 0 Å². The largest absolute Gasteiger partial charge is 0.483 e. The minimum atomic E-state index is -0.249. The summed E-state index contributed by atoms with van der Waals surface area (Å²) in [4.78, 5) is 23.5. The lowest BCUT2D eigenvalue weighted by Crippen LogP contribution is -2.21. The average Bonchev–Trinajstić information content (AvgIpc) is 2.56. The second kappa shape index (κ2) is 9.01. The Hall–Kier alpha value is -2.86. The number of anilines is 2. The Morgan fingerprint density at radius 3 is 1.77 bits per heavy atom. The number of rotatable bonds is 7. The third kappa shape index (κ3) is 5.60. The summed E-state index contributed by atoms with van der Waals surface area (Å²) >= 11 is 0. The fourth-order valence-corrected chi connectivity index (χ4v) is 2.69. The highest BCUT2D eigenvalue weighted by atomic mass is 16.5. The maximum atomic E-state index is 12.1. The molecule has 26 heavy (non-hydrogen) atoms. The number of nitrogens with one attached hydrogen (secondary N) is 2. The van der Waals surface area contributed by atoms with Crippen molar-refractivity contribution in [3.05, 3.63) is 53.1 Å². The standard InChI is InChI=1S/C20H24N2O4/c1-13-9-14(2)20(15(3)10-13)26-12-19(24)22-17-7-5-16(6-8-17)21-18(23)11-25-4/h5-10H,11-12H2,1-4H3,(H,21,23)(H,22,24). The fourth-order valence-electron chi connectivity index (χ4n) is 2.69. The molecule has 0 atom stereocenters. The van der Waals surface area contributed by atoms with Crippen molar-refractivity contribution in [1.29, 1.82) is 0 Å². The summed E-state index contributed by atoms with van der Waals surface area (Å²) in [6.45, 7) is 5.87. The minimum absolute atomic E-state index is 0.00628. The maximum absolute atomic E-state index is 12.1. The molecule has 6 heteroatoms. The maximum Gasteiger partial charge on any atom is 0.262 e. The van der Waals surface area contributed by atoms with E-state index in [9.17, 15) is 9.59 Å². The molecule has 2 aromatic rings. The number of amides is 2. The van der Waals surface area contributed by atoms with Gasteiger partial charge in [0.1, 0.15) is 12.4 Å². The van der Waals surface area contributed by atoms with E-state index in [1.807, 2.05) is 32.9 Å². The van der Waals surface area contributed by atoms with Gasteiger partial charge in [0.25, 0.3) is 5.91 Å². The molecule has 0 saturated heterocycles. The number of carbonyl (C=O) groups excluding carboxylic acids is 2. The van der Waals surface area contributed by atoms with Crippen molar-refractivity contribution in [1.82, 2.24) is 0 Å². The third-order valence-electron chi connectivity index (χ3n) is 3.68. The highest BCUT2D eigenvalue weighted by Gasteiger charge is 2.09. The summed E-state index contributed by atoms with van der Waals surface area (Å²) < 4.78 is 10.4. The Morgan fingerprint density at radius 1 is 0.846 bits per heavy atom. The van der Waals surface area contributed by atoms with E-state index in [0.29, 0.717) is 11.4 Å². The molecule has 2 aromatic carbocycles. The van der Waals surface area contributed by atoms with Gasteiger partial charge in [-0.25, -0.2) is 0 Å². The van der Waals surface area contributed by atoms with E-state index in [-0.39, 0.29) is 25.0 Å². The molecule has 0 radical (unpaired) electrons. The molecule has 2 amide bonds. The summed E-state index contributed by atoms with van der Waals surface area (Å²) in [6.07, 6.45) is 0. The molecular formula is C20H24N2O4. The van der Waals surface area contributed by atoms with Crippen molar-refractivity contribution < 1.29 is 19.1 Å². The quantitative estimate of drug-likeness (QED) is 0.799. The van der Waals surface area contributed by atoms with Gasteiger partial charge >= 0.3 is 0 Å². The number of hydrogen-bond donors (Lipinski definition) is 2. The molecule has 0 aromatic heterocycles. The molecular weight excluding hydrogens is 332 g/mol. The Morgan fingerprint density at radius 2 is 1.31 bits per heavy atom. The first-order valence-corrected chi connectivity index (χ1v) is 8.28. The zero-order chi connectivity index (χ0) is 19.1. The Bertz CT molecular complexity index is 762. The van der Waals surface area contributed by atoms with Crippen LogP contribution >= 0.6 is 0 Å². The molecule has 0 spiro atoms. The fraction of sp³-hybridized carbons (Fsp3) is 0.300. The van der Waals surface area contributed by atoms with Crippen LogP contribution in [-0.4, -0.2) is 32.1 Å². The van der Waals surface area contributed by atoms with E-state index >= 15 is 0 Å². The van der Waals surface area contributed by atoms with Crippen LogP contribution in [0, 0.1) is 20.8 Å². The van der Waals surface area contributed by atoms with Gasteiger partial charge in [0.2, 0.25) is 5.91 Å². The van der Waals surface area contributed by atoms with Crippen LogP contribution in [0.25, 0.3) is 0 Å². The van der Waals surface area contributed by atoms with Crippen LogP contribution in [0.5, 0.6) is 5.75 Å². The smallest absolute Gasteiger partial charge is 0.262 e. The second-order valence-electron chi connectivity index (χ2n) is 6.12. The number of aryl methyl sites for hydroxylation is 3. The van der Waals surface area contributed by atoms with Gasteiger partial charge in [-0.2, -0.15) is 0 Å². The lowest BCUT2D eigenvalue weighted by atomic mass is 10.1. The summed E-state index contributed by atoms with van der Waals surface area (Å²) in [6, 6.07) is 10.9. The zero-order valence-electron chi connectivity index (χ0n) is 15.5. The number of methoxy groups -OCH3 is 1. The molecule has 2 rings (SSSR count). The van der Waals surface area contributed by atoms with Crippen LogP contribution in [0.3, 0.4) is 0 Å². The molecule has 0 fully saturated rings. The van der Waals surface area contributed by atoms with Gasteiger partial charge in [0.15, 0.2) is 6.61 Å². The van der Waals surface area contributed by atoms with Crippen molar-refractivity contribution in [3.63, 3.8) is 0 Å². The molecule has 0 aliphatic carbocycles. The normalized spacial score (nSPS) is 10.3. The zero-order valence-corrected chi connectivity index (χ0v) is 15.5. The summed E-state index contributed by atoms with van der Waals surface area (Å²) in [7, 11) is 1.46. The summed E-state index contributed by atoms with van der Waals surface area (Å²) in [5, 5.41) is 5.45. The van der Waals surface area contributed by atoms with E-state index in [1.54, 1.807) is 24.3 Å². The number of ether oxygens (including phenoxy) is 2. The first kappa shape index (κ1) is 19.5. The van der Waals surface area contributed by atoms with Crippen LogP contribution < -0.4 is 15.4 Å². The summed E-state index contributed by atoms with van der Waals surface area (Å²) in [5.41, 5.74) is 4.43. The van der Waals surface area contributed by atoms with E-state index in [0.717, 1.165) is 22.4 Å². The molecule has 0 saturated carbocycles.